The molecule has 0 saturated heterocycles. The highest BCUT2D eigenvalue weighted by molar-refractivity contribution is 7.10. The van der Waals surface area contributed by atoms with Crippen LogP contribution in [0.2, 0.25) is 0 Å². The maximum Gasteiger partial charge on any atom is 0.134 e. The number of nitrogens with one attached hydrogen (secondary N) is 1. The van der Waals surface area contributed by atoms with Gasteiger partial charge in [0.1, 0.15) is 11.9 Å². The summed E-state index contributed by atoms with van der Waals surface area (Å²) < 4.78 is 6.34. The van der Waals surface area contributed by atoms with E-state index in [9.17, 15) is 0 Å². The number of rotatable bonds is 6. The van der Waals surface area contributed by atoms with E-state index >= 15 is 0 Å². The average molecular weight is 333 g/mol. The molecule has 1 N–H and O–H groups in total. The summed E-state index contributed by atoms with van der Waals surface area (Å²) in [7, 11) is 1.98. The van der Waals surface area contributed by atoms with E-state index in [0.717, 1.165) is 18.7 Å². The zero-order chi connectivity index (χ0) is 14.5. The predicted molar refractivity (Wildman–Crippen MR) is 90.2 cm³/mol. The Balaban J connectivity index is 0.00000176. The molecule has 0 aliphatic carbocycles. The summed E-state index contributed by atoms with van der Waals surface area (Å²) in [6, 6.07) is 18.8. The SMILES string of the molecule is CNCC[C@H](Oc1cccc2ccccc12)c1cccs1.[Cl-]. The third kappa shape index (κ3) is 3.80. The van der Waals surface area contributed by atoms with Gasteiger partial charge in [-0.1, -0.05) is 42.5 Å². The summed E-state index contributed by atoms with van der Waals surface area (Å²) in [5.74, 6) is 0.961. The molecule has 22 heavy (non-hydrogen) atoms. The molecule has 0 fully saturated rings. The van der Waals surface area contributed by atoms with Gasteiger partial charge in [0, 0.05) is 16.7 Å². The Morgan fingerprint density at radius 2 is 1.86 bits per heavy atom. The molecule has 2 aromatic carbocycles. The van der Waals surface area contributed by atoms with Crippen molar-refractivity contribution in [3.8, 4) is 5.75 Å². The first kappa shape index (κ1) is 16.8. The number of hydrogen-bond donors (Lipinski definition) is 1. The van der Waals surface area contributed by atoms with Crippen LogP contribution in [0.4, 0.5) is 0 Å². The lowest BCUT2D eigenvalue weighted by Gasteiger charge is -2.19. The monoisotopic (exact) mass is 332 g/mol. The highest BCUT2D eigenvalue weighted by Gasteiger charge is 2.15. The predicted octanol–water partition coefficient (Wildman–Crippen LogP) is 1.63. The van der Waals surface area contributed by atoms with Crippen LogP contribution in [0.1, 0.15) is 17.4 Å². The van der Waals surface area contributed by atoms with Gasteiger partial charge in [0.05, 0.1) is 0 Å². The van der Waals surface area contributed by atoms with Crippen molar-refractivity contribution in [1.82, 2.24) is 5.32 Å². The van der Waals surface area contributed by atoms with Crippen LogP contribution < -0.4 is 22.5 Å². The van der Waals surface area contributed by atoms with Crippen molar-refractivity contribution < 1.29 is 17.1 Å². The number of hydrogen-bond acceptors (Lipinski definition) is 3. The molecule has 0 aliphatic rings. The molecule has 0 radical (unpaired) electrons. The second-order valence-electron chi connectivity index (χ2n) is 4.99. The molecule has 3 rings (SSSR count). The Labute approximate surface area is 141 Å². The second kappa shape index (κ2) is 8.18. The van der Waals surface area contributed by atoms with Crippen molar-refractivity contribution in [2.75, 3.05) is 13.6 Å². The maximum absolute atomic E-state index is 6.34. The van der Waals surface area contributed by atoms with Crippen LogP contribution in [-0.2, 0) is 0 Å². The first-order valence-electron chi connectivity index (χ1n) is 7.21. The Morgan fingerprint density at radius 1 is 1.05 bits per heavy atom. The third-order valence-electron chi connectivity index (χ3n) is 3.54. The van der Waals surface area contributed by atoms with Crippen LogP contribution in [0.15, 0.2) is 60.0 Å². The summed E-state index contributed by atoms with van der Waals surface area (Å²) in [6.45, 7) is 0.938. The molecule has 2 nitrogen and oxygen atoms in total. The lowest BCUT2D eigenvalue weighted by Crippen LogP contribution is -3.00. The highest BCUT2D eigenvalue weighted by Crippen LogP contribution is 2.32. The molecule has 4 heteroatoms. The van der Waals surface area contributed by atoms with E-state index in [4.69, 9.17) is 4.74 Å². The Bertz CT molecular complexity index is 694. The molecule has 0 saturated carbocycles. The number of benzene rings is 2. The molecule has 0 spiro atoms. The van der Waals surface area contributed by atoms with E-state index in [1.165, 1.54) is 15.6 Å². The minimum absolute atomic E-state index is 0. The summed E-state index contributed by atoms with van der Waals surface area (Å²) in [4.78, 5) is 1.28. The molecule has 1 aromatic heterocycles. The van der Waals surface area contributed by atoms with E-state index in [0.29, 0.717) is 0 Å². The van der Waals surface area contributed by atoms with Crippen LogP contribution >= 0.6 is 11.3 Å². The van der Waals surface area contributed by atoms with Gasteiger partial charge in [-0.05, 0) is 36.5 Å². The fraction of sp³-hybridized carbons (Fsp3) is 0.222. The molecule has 1 atom stereocenters. The molecule has 1 heterocycles. The number of thiophene rings is 1. The van der Waals surface area contributed by atoms with Gasteiger partial charge in [-0.15, -0.1) is 11.3 Å². The largest absolute Gasteiger partial charge is 1.00 e. The molecule has 0 aliphatic heterocycles. The topological polar surface area (TPSA) is 21.3 Å². The van der Waals surface area contributed by atoms with E-state index in [-0.39, 0.29) is 18.5 Å². The van der Waals surface area contributed by atoms with Gasteiger partial charge in [0.15, 0.2) is 0 Å². The number of fused-ring (bicyclic) bond motifs is 1. The quantitative estimate of drug-likeness (QED) is 0.741. The van der Waals surface area contributed by atoms with Gasteiger partial charge in [0.2, 0.25) is 0 Å². The van der Waals surface area contributed by atoms with E-state index in [1.807, 2.05) is 7.05 Å². The zero-order valence-electron chi connectivity index (χ0n) is 12.5. The van der Waals surface area contributed by atoms with E-state index < -0.39 is 0 Å². The highest BCUT2D eigenvalue weighted by atomic mass is 35.5. The van der Waals surface area contributed by atoms with Crippen molar-refractivity contribution >= 4 is 22.1 Å². The van der Waals surface area contributed by atoms with Gasteiger partial charge in [-0.2, -0.15) is 0 Å². The van der Waals surface area contributed by atoms with Gasteiger partial charge < -0.3 is 22.5 Å². The van der Waals surface area contributed by atoms with Crippen molar-refractivity contribution in [3.63, 3.8) is 0 Å². The Hall–Kier alpha value is -1.55. The normalized spacial score (nSPS) is 11.9. The first-order valence-corrected chi connectivity index (χ1v) is 8.09. The molecular formula is C18H19ClNOS-. The van der Waals surface area contributed by atoms with Crippen molar-refractivity contribution in [2.45, 2.75) is 12.5 Å². The zero-order valence-corrected chi connectivity index (χ0v) is 14.0. The lowest BCUT2D eigenvalue weighted by atomic mass is 10.1. The minimum Gasteiger partial charge on any atom is -1.00 e. The molecule has 116 valence electrons. The summed E-state index contributed by atoms with van der Waals surface area (Å²) in [6.07, 6.45) is 1.06. The van der Waals surface area contributed by atoms with Gasteiger partial charge in [-0.3, -0.25) is 0 Å². The van der Waals surface area contributed by atoms with Gasteiger partial charge in [0.25, 0.3) is 0 Å². The lowest BCUT2D eigenvalue weighted by molar-refractivity contribution is -0.00000490. The van der Waals surface area contributed by atoms with E-state index in [2.05, 4.69) is 65.3 Å². The molecule has 0 unspecified atom stereocenters. The maximum atomic E-state index is 6.34. The fourth-order valence-corrected chi connectivity index (χ4v) is 3.25. The van der Waals surface area contributed by atoms with Crippen LogP contribution in [0.25, 0.3) is 10.8 Å². The Kier molecular flexibility index (Phi) is 6.25. The Morgan fingerprint density at radius 3 is 2.64 bits per heavy atom. The number of halogens is 1. The molecule has 0 bridgehead atoms. The molecule has 0 amide bonds. The molecular weight excluding hydrogens is 314 g/mol. The van der Waals surface area contributed by atoms with Gasteiger partial charge in [-0.25, -0.2) is 0 Å². The smallest absolute Gasteiger partial charge is 0.134 e. The summed E-state index contributed by atoms with van der Waals surface area (Å²) in [5, 5.41) is 7.70. The van der Waals surface area contributed by atoms with Crippen LogP contribution in [0, 0.1) is 0 Å². The van der Waals surface area contributed by atoms with Crippen molar-refractivity contribution in [3.05, 3.63) is 64.9 Å². The minimum atomic E-state index is 0. The molecule has 3 aromatic rings. The first-order chi connectivity index (χ1) is 10.4. The van der Waals surface area contributed by atoms with Crippen molar-refractivity contribution in [1.29, 1.82) is 0 Å². The number of ether oxygens (including phenoxy) is 1. The standard InChI is InChI=1S/C18H19NOS.ClH/c1-19-12-11-17(18-10-5-13-21-18)20-16-9-4-7-14-6-2-3-8-15(14)16;/h2-10,13,17,19H,11-12H2,1H3;1H/p-1/t17-;/m0./s1. The average Bonchev–Trinajstić information content (AvgIpc) is 3.06. The van der Waals surface area contributed by atoms with Crippen LogP contribution in [-0.4, -0.2) is 13.6 Å². The van der Waals surface area contributed by atoms with Crippen LogP contribution in [0.5, 0.6) is 5.75 Å². The van der Waals surface area contributed by atoms with E-state index in [1.54, 1.807) is 11.3 Å². The fourth-order valence-electron chi connectivity index (χ4n) is 2.46. The summed E-state index contributed by atoms with van der Waals surface area (Å²) in [5.41, 5.74) is 0. The van der Waals surface area contributed by atoms with Crippen LogP contribution in [0.3, 0.4) is 0 Å². The van der Waals surface area contributed by atoms with Gasteiger partial charge >= 0.3 is 0 Å². The summed E-state index contributed by atoms with van der Waals surface area (Å²) >= 11 is 1.75. The van der Waals surface area contributed by atoms with Crippen molar-refractivity contribution in [2.24, 2.45) is 0 Å². The second-order valence-corrected chi connectivity index (χ2v) is 5.97. The third-order valence-corrected chi connectivity index (χ3v) is 4.50.